The highest BCUT2D eigenvalue weighted by Gasteiger charge is 2.39. The fourth-order valence-corrected chi connectivity index (χ4v) is 10.5. The van der Waals surface area contributed by atoms with Crippen LogP contribution in [0.5, 0.6) is 0 Å². The summed E-state index contributed by atoms with van der Waals surface area (Å²) in [6, 6.07) is 0. The predicted octanol–water partition coefficient (Wildman–Crippen LogP) is 9.96. The summed E-state index contributed by atoms with van der Waals surface area (Å²) >= 11 is -0.956. The molecule has 0 aliphatic heterocycles. The first kappa shape index (κ1) is 66.9. The van der Waals surface area contributed by atoms with Gasteiger partial charge in [-0.2, -0.15) is 0 Å². The lowest BCUT2D eigenvalue weighted by molar-refractivity contribution is -0.0197. The maximum Gasteiger partial charge on any atom is 0.151 e. The van der Waals surface area contributed by atoms with Crippen molar-refractivity contribution in [3.8, 4) is 0 Å². The maximum atomic E-state index is 13.4. The predicted molar refractivity (Wildman–Crippen MR) is 286 cm³/mol. The molecule has 2 N–H and O–H groups in total. The second-order valence-corrected chi connectivity index (χ2v) is 30.2. The lowest BCUT2D eigenvalue weighted by Crippen LogP contribution is -2.63. The van der Waals surface area contributed by atoms with Crippen molar-refractivity contribution in [1.29, 1.82) is 0 Å². The second-order valence-electron chi connectivity index (χ2n) is 26.2. The lowest BCUT2D eigenvalue weighted by Gasteiger charge is -2.50. The Morgan fingerprint density at radius 2 is 0.955 bits per heavy atom. The summed E-state index contributed by atoms with van der Waals surface area (Å²) in [4.78, 5) is 4.77. The van der Waals surface area contributed by atoms with Crippen LogP contribution in [-0.2, 0) is 44.7 Å². The quantitative estimate of drug-likeness (QED) is 0.0345. The van der Waals surface area contributed by atoms with Gasteiger partial charge in [0.15, 0.2) is 9.84 Å². The summed E-state index contributed by atoms with van der Waals surface area (Å²) in [5.74, 6) is 1.44. The molecule has 0 amide bonds. The number of sulfone groups is 1. The van der Waals surface area contributed by atoms with E-state index in [1.807, 2.05) is 0 Å². The Labute approximate surface area is 419 Å². The van der Waals surface area contributed by atoms with Gasteiger partial charge in [0, 0.05) is 57.0 Å². The van der Waals surface area contributed by atoms with Gasteiger partial charge in [-0.1, -0.05) is 87.3 Å². The van der Waals surface area contributed by atoms with Crippen molar-refractivity contribution < 1.29 is 36.7 Å². The van der Waals surface area contributed by atoms with Crippen molar-refractivity contribution in [2.24, 2.45) is 21.7 Å². The van der Waals surface area contributed by atoms with E-state index in [0.717, 1.165) is 64.8 Å². The minimum Gasteiger partial charge on any atom is -0.616 e. The smallest absolute Gasteiger partial charge is 0.151 e. The molecular formula is C53H112N4O8S2. The number of hydrogen-bond donors (Lipinski definition) is 2. The molecule has 0 heterocycles. The summed E-state index contributed by atoms with van der Waals surface area (Å²) in [6.45, 7) is 52.8. The third kappa shape index (κ3) is 35.6. The monoisotopic (exact) mass is 997 g/mol. The fourth-order valence-electron chi connectivity index (χ4n) is 8.29. The Morgan fingerprint density at radius 3 is 1.54 bits per heavy atom. The first-order valence-electron chi connectivity index (χ1n) is 25.9. The van der Waals surface area contributed by atoms with Crippen LogP contribution in [0.25, 0.3) is 0 Å². The highest BCUT2D eigenvalue weighted by atomic mass is 32.2. The summed E-state index contributed by atoms with van der Waals surface area (Å²) in [7, 11) is -3.29. The summed E-state index contributed by atoms with van der Waals surface area (Å²) in [5, 5.41) is 7.43. The van der Waals surface area contributed by atoms with Crippen molar-refractivity contribution in [1.82, 2.24) is 20.4 Å². The van der Waals surface area contributed by atoms with E-state index in [9.17, 15) is 13.0 Å². The van der Waals surface area contributed by atoms with Crippen molar-refractivity contribution in [2.75, 3.05) is 115 Å². The van der Waals surface area contributed by atoms with Crippen LogP contribution in [-0.4, -0.2) is 160 Å². The Kier molecular flexibility index (Phi) is 30.8. The second kappa shape index (κ2) is 30.8. The third-order valence-electron chi connectivity index (χ3n) is 11.9. The Morgan fingerprint density at radius 1 is 0.463 bits per heavy atom. The number of hydrogen-bond acceptors (Lipinski definition) is 12. The average molecular weight is 998 g/mol. The van der Waals surface area contributed by atoms with E-state index in [1.165, 1.54) is 0 Å². The number of nitrogens with one attached hydrogen (secondary N) is 2. The van der Waals surface area contributed by atoms with E-state index in [4.69, 9.17) is 23.7 Å². The number of rotatable bonds is 39. The third-order valence-corrected chi connectivity index (χ3v) is 15.0. The highest BCUT2D eigenvalue weighted by molar-refractivity contribution is 7.91. The van der Waals surface area contributed by atoms with E-state index in [2.05, 4.69) is 159 Å². The number of ether oxygens (including phenoxy) is 5. The van der Waals surface area contributed by atoms with E-state index in [0.29, 0.717) is 89.3 Å². The van der Waals surface area contributed by atoms with Crippen LogP contribution in [0.1, 0.15) is 183 Å². The molecule has 0 aromatic carbocycles. The molecule has 0 aromatic rings. The molecule has 404 valence electrons. The molecule has 0 rings (SSSR count). The molecular weight excluding hydrogens is 885 g/mol. The van der Waals surface area contributed by atoms with Gasteiger partial charge in [-0.25, -0.2) is 8.42 Å². The Hall–Kier alpha value is -0.100. The summed E-state index contributed by atoms with van der Waals surface area (Å²) in [6.07, 6.45) is 6.07. The van der Waals surface area contributed by atoms with Gasteiger partial charge >= 0.3 is 0 Å². The molecule has 0 spiro atoms. The normalized spacial score (nSPS) is 14.8. The van der Waals surface area contributed by atoms with Crippen LogP contribution in [0.4, 0.5) is 0 Å². The molecule has 0 saturated heterocycles. The first-order valence-corrected chi connectivity index (χ1v) is 29.2. The molecule has 1 atom stereocenters. The zero-order chi connectivity index (χ0) is 51.9. The summed E-state index contributed by atoms with van der Waals surface area (Å²) < 4.78 is 69.6. The highest BCUT2D eigenvalue weighted by Crippen LogP contribution is 2.33. The molecule has 1 unspecified atom stereocenters. The fraction of sp³-hybridized carbons (Fsp3) is 1.00. The van der Waals surface area contributed by atoms with Gasteiger partial charge < -0.3 is 28.2 Å². The van der Waals surface area contributed by atoms with Gasteiger partial charge in [0.1, 0.15) is 11.5 Å². The molecule has 0 fully saturated rings. The van der Waals surface area contributed by atoms with Crippen molar-refractivity contribution >= 4 is 21.0 Å². The van der Waals surface area contributed by atoms with E-state index in [1.54, 1.807) is 0 Å². The molecule has 0 aliphatic rings. The van der Waals surface area contributed by atoms with Gasteiger partial charge in [0.05, 0.1) is 69.1 Å². The van der Waals surface area contributed by atoms with Crippen molar-refractivity contribution in [3.05, 3.63) is 0 Å². The Balaban J connectivity index is 5.21. The van der Waals surface area contributed by atoms with E-state index < -0.39 is 26.7 Å². The van der Waals surface area contributed by atoms with Gasteiger partial charge in [-0.15, -0.1) is 0 Å². The molecule has 14 heteroatoms. The molecule has 0 bridgehead atoms. The van der Waals surface area contributed by atoms with E-state index in [-0.39, 0.29) is 44.5 Å². The molecule has 0 aromatic heterocycles. The largest absolute Gasteiger partial charge is 0.616 e. The van der Waals surface area contributed by atoms with Crippen LogP contribution >= 0.6 is 0 Å². The number of nitrogens with zero attached hydrogens (tertiary/aromatic N) is 2. The van der Waals surface area contributed by atoms with Gasteiger partial charge in [0.25, 0.3) is 0 Å². The van der Waals surface area contributed by atoms with Gasteiger partial charge in [-0.3, -0.25) is 20.4 Å². The minimum absolute atomic E-state index is 0.0505. The van der Waals surface area contributed by atoms with Crippen LogP contribution in [0.15, 0.2) is 0 Å². The first-order chi connectivity index (χ1) is 30.4. The Bertz CT molecular complexity index is 1380. The molecule has 0 radical (unpaired) electrons. The summed E-state index contributed by atoms with van der Waals surface area (Å²) in [5.41, 5.74) is -0.760. The molecule has 12 nitrogen and oxygen atoms in total. The zero-order valence-electron chi connectivity index (χ0n) is 47.7. The maximum absolute atomic E-state index is 13.4. The standard InChI is InChI=1S/C53H112N4O8S2/c1-46(2,3)25-21-32-61-36-29-55-53(19,20)57(31-42-67(59,60)41-24-35-63-43-47(4,5)6)51(15,16)27-26-50(13,14)45-64-34-23-39-66(58)40-30-56(49(10,11)12)52(17,18)54-28-22-33-62-37-38-65-44-48(7,8)9/h54-55H,21-45H2,1-20H3. The SMILES string of the molecule is CC(C)(C)CCCOCCNC(C)(C)N(CCS(=O)(=O)CCCOCC(C)(C)C)C(C)(C)CCC(C)(C)COCCC[S+]([O-])CCN(C(C)(C)C)C(C)(C)NCCCOCCOCC(C)(C)C. The van der Waals surface area contributed by atoms with Crippen molar-refractivity contribution in [3.63, 3.8) is 0 Å². The van der Waals surface area contributed by atoms with Gasteiger partial charge in [0.2, 0.25) is 0 Å². The average Bonchev–Trinajstić information content (AvgIpc) is 3.13. The van der Waals surface area contributed by atoms with Gasteiger partial charge in [-0.05, 0) is 129 Å². The van der Waals surface area contributed by atoms with E-state index >= 15 is 0 Å². The molecule has 0 saturated carbocycles. The topological polar surface area (TPSA) is 134 Å². The lowest BCUT2D eigenvalue weighted by atomic mass is 9.82. The molecule has 0 aliphatic carbocycles. The van der Waals surface area contributed by atoms with Crippen LogP contribution in [0.3, 0.4) is 0 Å². The zero-order valence-corrected chi connectivity index (χ0v) is 49.3. The molecule has 67 heavy (non-hydrogen) atoms. The minimum atomic E-state index is -3.29. The van der Waals surface area contributed by atoms with Crippen LogP contribution in [0.2, 0.25) is 0 Å². The van der Waals surface area contributed by atoms with Crippen LogP contribution < -0.4 is 10.6 Å². The van der Waals surface area contributed by atoms with Crippen LogP contribution in [0, 0.1) is 21.7 Å². The van der Waals surface area contributed by atoms with Crippen molar-refractivity contribution in [2.45, 2.75) is 206 Å².